The number of carbonyl (C=O) groups is 2. The van der Waals surface area contributed by atoms with Gasteiger partial charge in [0, 0.05) is 6.42 Å². The highest BCUT2D eigenvalue weighted by Gasteiger charge is 2.30. The van der Waals surface area contributed by atoms with Crippen LogP contribution in [-0.4, -0.2) is 31.4 Å². The number of hydrogen-bond donors (Lipinski definition) is 0. The van der Waals surface area contributed by atoms with Crippen LogP contribution in [0, 0.1) is 17.3 Å². The first kappa shape index (κ1) is 22.2. The van der Waals surface area contributed by atoms with Crippen molar-refractivity contribution in [1.82, 2.24) is 0 Å². The van der Waals surface area contributed by atoms with E-state index in [2.05, 4.69) is 20.8 Å². The predicted molar refractivity (Wildman–Crippen MR) is 104 cm³/mol. The summed E-state index contributed by atoms with van der Waals surface area (Å²) in [4.78, 5) is 24.3. The summed E-state index contributed by atoms with van der Waals surface area (Å²) in [5, 5.41) is 0. The molecule has 27 heavy (non-hydrogen) atoms. The molecule has 0 N–H and O–H groups in total. The molecule has 2 atom stereocenters. The van der Waals surface area contributed by atoms with Gasteiger partial charge in [-0.25, -0.2) is 0 Å². The van der Waals surface area contributed by atoms with Crippen molar-refractivity contribution in [3.8, 4) is 0 Å². The number of esters is 2. The van der Waals surface area contributed by atoms with Crippen molar-refractivity contribution < 1.29 is 23.8 Å². The third-order valence-corrected chi connectivity index (χ3v) is 5.70. The van der Waals surface area contributed by atoms with E-state index < -0.39 is 0 Å². The molecule has 0 spiro atoms. The van der Waals surface area contributed by atoms with E-state index in [1.165, 1.54) is 32.1 Å². The normalized spacial score (nSPS) is 24.4. The molecule has 2 rings (SSSR count). The Labute approximate surface area is 164 Å². The Bertz CT molecular complexity index is 462. The molecule has 2 unspecified atom stereocenters. The number of rotatable bonds is 8. The smallest absolute Gasteiger partial charge is 0.311 e. The topological polar surface area (TPSA) is 61.8 Å². The van der Waals surface area contributed by atoms with Gasteiger partial charge in [-0.05, 0) is 56.3 Å². The van der Waals surface area contributed by atoms with E-state index in [-0.39, 0.29) is 36.2 Å². The van der Waals surface area contributed by atoms with Gasteiger partial charge in [-0.1, -0.05) is 40.0 Å². The van der Waals surface area contributed by atoms with E-state index in [0.717, 1.165) is 25.7 Å². The summed E-state index contributed by atoms with van der Waals surface area (Å²) in [5.41, 5.74) is 0.121. The predicted octanol–water partition coefficient (Wildman–Crippen LogP) is 5.01. The minimum absolute atomic E-state index is 0.0435. The van der Waals surface area contributed by atoms with Crippen LogP contribution in [0.25, 0.3) is 0 Å². The lowest BCUT2D eigenvalue weighted by Gasteiger charge is -2.28. The maximum Gasteiger partial charge on any atom is 0.311 e. The van der Waals surface area contributed by atoms with Gasteiger partial charge in [0.1, 0.15) is 6.10 Å². The molecular weight excluding hydrogens is 344 g/mol. The highest BCUT2D eigenvalue weighted by molar-refractivity contribution is 5.73. The van der Waals surface area contributed by atoms with Crippen molar-refractivity contribution in [2.45, 2.75) is 97.5 Å². The molecule has 2 saturated carbocycles. The van der Waals surface area contributed by atoms with Gasteiger partial charge in [0.15, 0.2) is 6.79 Å². The van der Waals surface area contributed by atoms with E-state index in [1.54, 1.807) is 0 Å². The van der Waals surface area contributed by atoms with Gasteiger partial charge in [-0.2, -0.15) is 0 Å². The third-order valence-electron chi connectivity index (χ3n) is 5.70. The summed E-state index contributed by atoms with van der Waals surface area (Å²) >= 11 is 0. The molecule has 5 nitrogen and oxygen atoms in total. The highest BCUT2D eigenvalue weighted by atomic mass is 16.7. The van der Waals surface area contributed by atoms with Crippen LogP contribution in [0.2, 0.25) is 0 Å². The largest absolute Gasteiger partial charge is 0.462 e. The Balaban J connectivity index is 1.62. The van der Waals surface area contributed by atoms with Gasteiger partial charge in [-0.15, -0.1) is 0 Å². The first-order chi connectivity index (χ1) is 12.8. The fourth-order valence-electron chi connectivity index (χ4n) is 3.97. The molecule has 2 aliphatic carbocycles. The van der Waals surface area contributed by atoms with Crippen molar-refractivity contribution in [1.29, 1.82) is 0 Å². The number of hydrogen-bond acceptors (Lipinski definition) is 5. The lowest BCUT2D eigenvalue weighted by atomic mass is 9.87. The zero-order valence-electron chi connectivity index (χ0n) is 17.5. The molecule has 0 aromatic heterocycles. The lowest BCUT2D eigenvalue weighted by Crippen LogP contribution is -2.31. The first-order valence-electron chi connectivity index (χ1n) is 10.8. The van der Waals surface area contributed by atoms with Crippen LogP contribution in [0.3, 0.4) is 0 Å². The number of carbonyl (C=O) groups excluding carboxylic acids is 2. The lowest BCUT2D eigenvalue weighted by molar-refractivity contribution is -0.168. The summed E-state index contributed by atoms with van der Waals surface area (Å²) in [6.45, 7) is 7.07. The van der Waals surface area contributed by atoms with E-state index in [0.29, 0.717) is 25.4 Å². The Morgan fingerprint density at radius 2 is 1.70 bits per heavy atom. The van der Waals surface area contributed by atoms with Gasteiger partial charge < -0.3 is 14.2 Å². The monoisotopic (exact) mass is 382 g/mol. The summed E-state index contributed by atoms with van der Waals surface area (Å²) in [7, 11) is 0. The minimum Gasteiger partial charge on any atom is -0.462 e. The summed E-state index contributed by atoms with van der Waals surface area (Å²) in [6, 6.07) is 0. The zero-order valence-corrected chi connectivity index (χ0v) is 17.5. The molecule has 0 bridgehead atoms. The van der Waals surface area contributed by atoms with E-state index in [9.17, 15) is 9.59 Å². The maximum atomic E-state index is 12.3. The molecule has 2 fully saturated rings. The molecule has 0 heterocycles. The minimum atomic E-state index is -0.214. The third kappa shape index (κ3) is 9.09. The molecule has 0 aromatic carbocycles. The standard InChI is InChI=1S/C22H38O5/c1-22(2,3)13-12-20(23)27-19-11-7-10-18(14-19)21(24)26-16-25-15-17-8-5-4-6-9-17/h17-19H,4-16H2,1-3H3. The molecule has 0 aromatic rings. The molecule has 0 saturated heterocycles. The molecule has 0 radical (unpaired) electrons. The molecule has 5 heteroatoms. The average Bonchev–Trinajstić information content (AvgIpc) is 2.64. The SMILES string of the molecule is CC(C)(C)CCC(=O)OC1CCCC(C(=O)OCOCC2CCCCC2)C1. The van der Waals surface area contributed by atoms with Crippen molar-refractivity contribution in [2.24, 2.45) is 17.3 Å². The maximum absolute atomic E-state index is 12.3. The van der Waals surface area contributed by atoms with Crippen LogP contribution in [0.5, 0.6) is 0 Å². The van der Waals surface area contributed by atoms with Crippen LogP contribution < -0.4 is 0 Å². The summed E-state index contributed by atoms with van der Waals surface area (Å²) in [6.07, 6.45) is 10.5. The molecular formula is C22H38O5. The van der Waals surface area contributed by atoms with Gasteiger partial charge in [0.25, 0.3) is 0 Å². The van der Waals surface area contributed by atoms with E-state index in [4.69, 9.17) is 14.2 Å². The van der Waals surface area contributed by atoms with E-state index >= 15 is 0 Å². The second kappa shape index (κ2) is 11.0. The molecule has 0 aliphatic heterocycles. The zero-order chi connectivity index (χ0) is 19.7. The number of ether oxygens (including phenoxy) is 3. The van der Waals surface area contributed by atoms with Crippen LogP contribution in [-0.2, 0) is 23.8 Å². The fourth-order valence-corrected chi connectivity index (χ4v) is 3.97. The second-order valence-corrected chi connectivity index (χ2v) is 9.49. The summed E-state index contributed by atoms with van der Waals surface area (Å²) in [5.74, 6) is 0.0651. The molecule has 0 amide bonds. The summed E-state index contributed by atoms with van der Waals surface area (Å²) < 4.78 is 16.5. The quantitative estimate of drug-likeness (QED) is 0.335. The highest BCUT2D eigenvalue weighted by Crippen LogP contribution is 2.29. The van der Waals surface area contributed by atoms with Crippen molar-refractivity contribution >= 4 is 11.9 Å². The van der Waals surface area contributed by atoms with Gasteiger partial charge in [-0.3, -0.25) is 9.59 Å². The first-order valence-corrected chi connectivity index (χ1v) is 10.8. The van der Waals surface area contributed by atoms with E-state index in [1.807, 2.05) is 0 Å². The Morgan fingerprint density at radius 3 is 2.41 bits per heavy atom. The second-order valence-electron chi connectivity index (χ2n) is 9.49. The van der Waals surface area contributed by atoms with Crippen molar-refractivity contribution in [2.75, 3.05) is 13.4 Å². The Kier molecular flexibility index (Phi) is 9.07. The van der Waals surface area contributed by atoms with Crippen molar-refractivity contribution in [3.63, 3.8) is 0 Å². The van der Waals surface area contributed by atoms with Gasteiger partial charge in [0.05, 0.1) is 12.5 Å². The fraction of sp³-hybridized carbons (Fsp3) is 0.909. The van der Waals surface area contributed by atoms with Crippen LogP contribution in [0.4, 0.5) is 0 Å². The van der Waals surface area contributed by atoms with Crippen LogP contribution >= 0.6 is 0 Å². The molecule has 156 valence electrons. The Morgan fingerprint density at radius 1 is 0.963 bits per heavy atom. The van der Waals surface area contributed by atoms with Gasteiger partial charge in [0.2, 0.25) is 0 Å². The van der Waals surface area contributed by atoms with Crippen LogP contribution in [0.1, 0.15) is 91.4 Å². The molecule has 2 aliphatic rings. The Hall–Kier alpha value is -1.10. The average molecular weight is 383 g/mol. The van der Waals surface area contributed by atoms with Crippen molar-refractivity contribution in [3.05, 3.63) is 0 Å². The van der Waals surface area contributed by atoms with Crippen LogP contribution in [0.15, 0.2) is 0 Å². The van der Waals surface area contributed by atoms with Gasteiger partial charge >= 0.3 is 11.9 Å².